The van der Waals surface area contributed by atoms with Gasteiger partial charge in [0.1, 0.15) is 29.8 Å². The summed E-state index contributed by atoms with van der Waals surface area (Å²) < 4.78 is 10.2. The molecule has 1 aliphatic heterocycles. The topological polar surface area (TPSA) is 143 Å². The van der Waals surface area contributed by atoms with Crippen LogP contribution in [0.3, 0.4) is 0 Å². The Bertz CT molecular complexity index is 815. The van der Waals surface area contributed by atoms with Crippen LogP contribution < -0.4 is 16.0 Å². The number of amides is 4. The first-order valence-corrected chi connectivity index (χ1v) is 14.2. The molecule has 3 N–H and O–H groups in total. The molecule has 1 saturated heterocycles. The smallest absolute Gasteiger partial charge is 0.408 e. The Morgan fingerprint density at radius 3 is 2.24 bits per heavy atom. The van der Waals surface area contributed by atoms with E-state index < -0.39 is 53.6 Å². The van der Waals surface area contributed by atoms with E-state index in [0.717, 1.165) is 0 Å². The number of rotatable bonds is 12. The number of carbonyl (C=O) groups excluding carboxylic acids is 5. The average molecular weight is 545 g/mol. The molecule has 0 aromatic heterocycles. The van der Waals surface area contributed by atoms with Gasteiger partial charge in [-0.2, -0.15) is 11.8 Å². The van der Waals surface area contributed by atoms with Gasteiger partial charge in [0, 0.05) is 6.54 Å². The molecule has 0 aromatic carbocycles. The minimum absolute atomic E-state index is 0.198. The molecule has 37 heavy (non-hydrogen) atoms. The lowest BCUT2D eigenvalue weighted by Crippen LogP contribution is -2.59. The van der Waals surface area contributed by atoms with Crippen LogP contribution in [0.25, 0.3) is 0 Å². The molecule has 11 nitrogen and oxygen atoms in total. The molecule has 0 aliphatic carbocycles. The number of hydrogen-bond donors (Lipinski definition) is 3. The van der Waals surface area contributed by atoms with Crippen LogP contribution >= 0.6 is 11.8 Å². The number of likely N-dealkylation sites (tertiary alicyclic amines) is 1. The molecule has 0 bridgehead atoms. The number of thioether (sulfide) groups is 1. The molecule has 1 aliphatic rings. The normalized spacial score (nSPS) is 18.0. The average Bonchev–Trinajstić information content (AvgIpc) is 3.28. The van der Waals surface area contributed by atoms with Crippen molar-refractivity contribution in [3.8, 4) is 0 Å². The van der Waals surface area contributed by atoms with E-state index in [-0.39, 0.29) is 18.4 Å². The van der Waals surface area contributed by atoms with Gasteiger partial charge in [0.2, 0.25) is 17.7 Å². The van der Waals surface area contributed by atoms with E-state index in [1.165, 1.54) is 23.6 Å². The molecule has 0 radical (unpaired) electrons. The quantitative estimate of drug-likeness (QED) is 0.316. The van der Waals surface area contributed by atoms with Gasteiger partial charge in [0.05, 0.1) is 6.61 Å². The first-order valence-electron chi connectivity index (χ1n) is 12.8. The molecule has 0 unspecified atom stereocenters. The standard InChI is InChI=1S/C25H44N4O7S/c1-9-35-23(33)16(4)26-21(31)18-11-10-13-29(18)22(32)19(15(2)3)28-20(30)17(12-14-37-8)27-24(34)36-25(5,6)7/h15-19H,9-14H2,1-8H3,(H,26,31)(H,27,34)(H,28,30)/t16-,17-,18-,19-/m0/s1. The zero-order valence-corrected chi connectivity index (χ0v) is 24.2. The van der Waals surface area contributed by atoms with Crippen molar-refractivity contribution in [1.82, 2.24) is 20.9 Å². The van der Waals surface area contributed by atoms with Crippen LogP contribution in [-0.2, 0) is 28.7 Å². The summed E-state index contributed by atoms with van der Waals surface area (Å²) in [4.78, 5) is 65.3. The van der Waals surface area contributed by atoms with Gasteiger partial charge < -0.3 is 30.3 Å². The van der Waals surface area contributed by atoms with E-state index in [4.69, 9.17) is 9.47 Å². The zero-order chi connectivity index (χ0) is 28.3. The second kappa shape index (κ2) is 15.0. The highest BCUT2D eigenvalue weighted by molar-refractivity contribution is 7.98. The lowest BCUT2D eigenvalue weighted by atomic mass is 10.0. The van der Waals surface area contributed by atoms with Gasteiger partial charge in [-0.3, -0.25) is 14.4 Å². The molecule has 212 valence electrons. The third kappa shape index (κ3) is 10.8. The van der Waals surface area contributed by atoms with Crippen molar-refractivity contribution in [2.45, 2.75) is 97.5 Å². The fraction of sp³-hybridized carbons (Fsp3) is 0.800. The second-order valence-electron chi connectivity index (χ2n) is 10.4. The van der Waals surface area contributed by atoms with Gasteiger partial charge in [-0.1, -0.05) is 13.8 Å². The van der Waals surface area contributed by atoms with Crippen LogP contribution in [0.5, 0.6) is 0 Å². The second-order valence-corrected chi connectivity index (χ2v) is 11.4. The third-order valence-corrected chi connectivity index (χ3v) is 6.33. The van der Waals surface area contributed by atoms with Crippen LogP contribution in [0.15, 0.2) is 0 Å². The lowest BCUT2D eigenvalue weighted by Gasteiger charge is -2.32. The third-order valence-electron chi connectivity index (χ3n) is 5.69. The minimum atomic E-state index is -0.902. The maximum atomic E-state index is 13.5. The predicted molar refractivity (Wildman–Crippen MR) is 142 cm³/mol. The van der Waals surface area contributed by atoms with E-state index in [9.17, 15) is 24.0 Å². The Morgan fingerprint density at radius 1 is 1.05 bits per heavy atom. The molecular formula is C25H44N4O7S. The van der Waals surface area contributed by atoms with E-state index in [0.29, 0.717) is 31.6 Å². The molecule has 4 amide bonds. The largest absolute Gasteiger partial charge is 0.464 e. The molecule has 1 heterocycles. The Labute approximate surface area is 224 Å². The number of esters is 1. The summed E-state index contributed by atoms with van der Waals surface area (Å²) in [7, 11) is 0. The summed E-state index contributed by atoms with van der Waals surface area (Å²) in [6.45, 7) is 12.6. The van der Waals surface area contributed by atoms with Crippen molar-refractivity contribution < 1.29 is 33.4 Å². The zero-order valence-electron chi connectivity index (χ0n) is 23.3. The summed E-state index contributed by atoms with van der Waals surface area (Å²) in [5.41, 5.74) is -0.725. The predicted octanol–water partition coefficient (Wildman–Crippen LogP) is 1.83. The van der Waals surface area contributed by atoms with Crippen molar-refractivity contribution >= 4 is 41.5 Å². The summed E-state index contributed by atoms with van der Waals surface area (Å²) in [6, 6.07) is -3.39. The SMILES string of the molecule is CCOC(=O)[C@H](C)NC(=O)[C@@H]1CCCN1C(=O)[C@@H](NC(=O)[C@H](CCSC)NC(=O)OC(C)(C)C)C(C)C. The minimum Gasteiger partial charge on any atom is -0.464 e. The highest BCUT2D eigenvalue weighted by atomic mass is 32.2. The van der Waals surface area contributed by atoms with Crippen molar-refractivity contribution in [3.63, 3.8) is 0 Å². The number of nitrogens with one attached hydrogen (secondary N) is 3. The van der Waals surface area contributed by atoms with Gasteiger partial charge >= 0.3 is 12.1 Å². The highest BCUT2D eigenvalue weighted by Crippen LogP contribution is 2.21. The van der Waals surface area contributed by atoms with Crippen LogP contribution in [0.1, 0.15) is 67.7 Å². The Hall–Kier alpha value is -2.50. The number of carbonyl (C=O) groups is 5. The fourth-order valence-electron chi connectivity index (χ4n) is 3.84. The fourth-order valence-corrected chi connectivity index (χ4v) is 4.31. The van der Waals surface area contributed by atoms with Crippen LogP contribution in [0.2, 0.25) is 0 Å². The number of hydrogen-bond acceptors (Lipinski definition) is 8. The monoisotopic (exact) mass is 544 g/mol. The van der Waals surface area contributed by atoms with Gasteiger partial charge in [0.25, 0.3) is 0 Å². The Kier molecular flexibility index (Phi) is 13.2. The maximum Gasteiger partial charge on any atom is 0.408 e. The maximum absolute atomic E-state index is 13.5. The Morgan fingerprint density at radius 2 is 1.70 bits per heavy atom. The molecule has 1 fully saturated rings. The lowest BCUT2D eigenvalue weighted by molar-refractivity contribution is -0.148. The molecule has 12 heteroatoms. The summed E-state index contributed by atoms with van der Waals surface area (Å²) in [5, 5.41) is 8.02. The number of alkyl carbamates (subject to hydrolysis) is 1. The van der Waals surface area contributed by atoms with Gasteiger partial charge in [-0.05, 0) is 71.8 Å². The Balaban J connectivity index is 2.97. The first kappa shape index (κ1) is 32.5. The highest BCUT2D eigenvalue weighted by Gasteiger charge is 2.40. The number of nitrogens with zero attached hydrogens (tertiary/aromatic N) is 1. The summed E-state index contributed by atoms with van der Waals surface area (Å²) >= 11 is 1.53. The molecule has 1 rings (SSSR count). The van der Waals surface area contributed by atoms with Crippen LogP contribution in [0, 0.1) is 5.92 Å². The van der Waals surface area contributed by atoms with E-state index >= 15 is 0 Å². The van der Waals surface area contributed by atoms with E-state index in [1.54, 1.807) is 41.5 Å². The van der Waals surface area contributed by atoms with E-state index in [2.05, 4.69) is 16.0 Å². The molecule has 0 saturated carbocycles. The van der Waals surface area contributed by atoms with Crippen molar-refractivity contribution in [3.05, 3.63) is 0 Å². The van der Waals surface area contributed by atoms with Crippen molar-refractivity contribution in [1.29, 1.82) is 0 Å². The van der Waals surface area contributed by atoms with Crippen LogP contribution in [-0.4, -0.2) is 89.6 Å². The van der Waals surface area contributed by atoms with Crippen molar-refractivity contribution in [2.24, 2.45) is 5.92 Å². The molecule has 4 atom stereocenters. The van der Waals surface area contributed by atoms with Gasteiger partial charge in [-0.15, -0.1) is 0 Å². The van der Waals surface area contributed by atoms with Gasteiger partial charge in [0.15, 0.2) is 0 Å². The van der Waals surface area contributed by atoms with Crippen LogP contribution in [0.4, 0.5) is 4.79 Å². The van der Waals surface area contributed by atoms with Crippen molar-refractivity contribution in [2.75, 3.05) is 25.2 Å². The summed E-state index contributed by atoms with van der Waals surface area (Å²) in [6.07, 6.45) is 2.60. The molecule has 0 spiro atoms. The number of ether oxygens (including phenoxy) is 2. The molecule has 0 aromatic rings. The summed E-state index contributed by atoms with van der Waals surface area (Å²) in [5.74, 6) is -1.53. The van der Waals surface area contributed by atoms with Gasteiger partial charge in [-0.25, -0.2) is 9.59 Å². The molecular weight excluding hydrogens is 500 g/mol. The first-order chi connectivity index (χ1) is 17.2. The van der Waals surface area contributed by atoms with E-state index in [1.807, 2.05) is 6.26 Å².